The molecule has 0 unspecified atom stereocenters. The van der Waals surface area contributed by atoms with Gasteiger partial charge < -0.3 is 15.5 Å². The second-order valence-corrected chi connectivity index (χ2v) is 3.95. The first-order chi connectivity index (χ1) is 7.61. The fraction of sp³-hybridized carbons (Fsp3) is 0.636. The normalized spacial score (nSPS) is 10.6. The zero-order valence-electron chi connectivity index (χ0n) is 10.5. The van der Waals surface area contributed by atoms with E-state index >= 15 is 0 Å². The van der Waals surface area contributed by atoms with Crippen LogP contribution in [0.2, 0.25) is 0 Å². The Balaban J connectivity index is 2.58. The average Bonchev–Trinajstić information content (AvgIpc) is 2.16. The highest BCUT2D eigenvalue weighted by atomic mass is 15.1. The first-order valence-electron chi connectivity index (χ1n) is 5.60. The van der Waals surface area contributed by atoms with Crippen molar-refractivity contribution >= 4 is 11.6 Å². The van der Waals surface area contributed by atoms with E-state index in [1.165, 1.54) is 0 Å². The van der Waals surface area contributed by atoms with Crippen LogP contribution in [0.1, 0.15) is 12.7 Å². The Hall–Kier alpha value is -1.36. The Kier molecular flexibility index (Phi) is 4.98. The molecule has 16 heavy (non-hydrogen) atoms. The summed E-state index contributed by atoms with van der Waals surface area (Å²) in [6.07, 6.45) is 0. The molecular weight excluding hydrogens is 202 g/mol. The number of likely N-dealkylation sites (N-methyl/N-ethyl adjacent to an activating group) is 1. The van der Waals surface area contributed by atoms with E-state index in [1.54, 1.807) is 0 Å². The lowest BCUT2D eigenvalue weighted by Crippen LogP contribution is -2.21. The molecule has 1 heterocycles. The molecule has 0 aliphatic carbocycles. The highest BCUT2D eigenvalue weighted by Gasteiger charge is 2.00. The standard InChI is InChI=1S/C11H21N5/c1-5-12-10-8-11(15-9(2)14-10)13-6-7-16(3)4/h8H,5-7H2,1-4H3,(H2,12,13,14,15). The lowest BCUT2D eigenvalue weighted by atomic mass is 10.4. The van der Waals surface area contributed by atoms with Crippen molar-refractivity contribution in [2.24, 2.45) is 0 Å². The predicted octanol–water partition coefficient (Wildman–Crippen LogP) is 1.19. The fourth-order valence-electron chi connectivity index (χ4n) is 1.34. The Labute approximate surface area is 97.3 Å². The molecule has 0 aliphatic rings. The van der Waals surface area contributed by atoms with Crippen LogP contribution in [0.3, 0.4) is 0 Å². The van der Waals surface area contributed by atoms with Crippen molar-refractivity contribution in [2.75, 3.05) is 44.4 Å². The highest BCUT2D eigenvalue weighted by Crippen LogP contribution is 2.10. The van der Waals surface area contributed by atoms with Gasteiger partial charge in [0.1, 0.15) is 17.5 Å². The molecule has 0 aromatic carbocycles. The summed E-state index contributed by atoms with van der Waals surface area (Å²) >= 11 is 0. The lowest BCUT2D eigenvalue weighted by molar-refractivity contribution is 0.425. The smallest absolute Gasteiger partial charge is 0.131 e. The zero-order valence-corrected chi connectivity index (χ0v) is 10.5. The lowest BCUT2D eigenvalue weighted by Gasteiger charge is -2.12. The fourth-order valence-corrected chi connectivity index (χ4v) is 1.34. The molecule has 1 aromatic heterocycles. The van der Waals surface area contributed by atoms with Crippen LogP contribution in [-0.4, -0.2) is 48.6 Å². The minimum Gasteiger partial charge on any atom is -0.370 e. The Morgan fingerprint density at radius 1 is 1.19 bits per heavy atom. The summed E-state index contributed by atoms with van der Waals surface area (Å²) in [4.78, 5) is 10.8. The maximum absolute atomic E-state index is 4.33. The van der Waals surface area contributed by atoms with Crippen LogP contribution >= 0.6 is 0 Å². The summed E-state index contributed by atoms with van der Waals surface area (Å²) in [6.45, 7) is 6.69. The van der Waals surface area contributed by atoms with Crippen LogP contribution in [0.5, 0.6) is 0 Å². The topological polar surface area (TPSA) is 53.1 Å². The van der Waals surface area contributed by atoms with Gasteiger partial charge >= 0.3 is 0 Å². The van der Waals surface area contributed by atoms with Crippen molar-refractivity contribution in [2.45, 2.75) is 13.8 Å². The third-order valence-corrected chi connectivity index (χ3v) is 2.06. The molecular formula is C11H21N5. The Morgan fingerprint density at radius 3 is 2.38 bits per heavy atom. The van der Waals surface area contributed by atoms with Crippen molar-refractivity contribution in [3.05, 3.63) is 11.9 Å². The predicted molar refractivity (Wildman–Crippen MR) is 68.0 cm³/mol. The van der Waals surface area contributed by atoms with Crippen LogP contribution in [0, 0.1) is 6.92 Å². The van der Waals surface area contributed by atoms with Crippen molar-refractivity contribution in [3.63, 3.8) is 0 Å². The van der Waals surface area contributed by atoms with Crippen LogP contribution < -0.4 is 10.6 Å². The van der Waals surface area contributed by atoms with Crippen molar-refractivity contribution in [3.8, 4) is 0 Å². The van der Waals surface area contributed by atoms with Gasteiger partial charge in [0.15, 0.2) is 0 Å². The molecule has 1 rings (SSSR count). The molecule has 0 saturated heterocycles. The monoisotopic (exact) mass is 223 g/mol. The molecule has 0 atom stereocenters. The molecule has 0 amide bonds. The minimum atomic E-state index is 0.783. The summed E-state index contributed by atoms with van der Waals surface area (Å²) in [5.74, 6) is 2.54. The van der Waals surface area contributed by atoms with E-state index in [4.69, 9.17) is 0 Å². The zero-order chi connectivity index (χ0) is 12.0. The van der Waals surface area contributed by atoms with Gasteiger partial charge in [-0.1, -0.05) is 0 Å². The molecule has 5 heteroatoms. The van der Waals surface area contributed by atoms with Crippen LogP contribution in [0.25, 0.3) is 0 Å². The number of aromatic nitrogens is 2. The van der Waals surface area contributed by atoms with Gasteiger partial charge in [-0.3, -0.25) is 0 Å². The van der Waals surface area contributed by atoms with Crippen molar-refractivity contribution in [1.82, 2.24) is 14.9 Å². The van der Waals surface area contributed by atoms with E-state index in [2.05, 4.69) is 46.5 Å². The molecule has 0 saturated carbocycles. The summed E-state index contributed by atoms with van der Waals surface area (Å²) in [7, 11) is 4.11. The molecule has 0 radical (unpaired) electrons. The van der Waals surface area contributed by atoms with E-state index in [0.29, 0.717) is 0 Å². The van der Waals surface area contributed by atoms with Crippen LogP contribution in [0.4, 0.5) is 11.6 Å². The molecule has 0 spiro atoms. The van der Waals surface area contributed by atoms with E-state index in [-0.39, 0.29) is 0 Å². The molecule has 0 aliphatic heterocycles. The van der Waals surface area contributed by atoms with Gasteiger partial charge in [-0.2, -0.15) is 0 Å². The third-order valence-electron chi connectivity index (χ3n) is 2.06. The first kappa shape index (κ1) is 12.7. The molecule has 1 aromatic rings. The molecule has 90 valence electrons. The second-order valence-electron chi connectivity index (χ2n) is 3.95. The quantitative estimate of drug-likeness (QED) is 0.758. The van der Waals surface area contributed by atoms with Gasteiger partial charge in [0.05, 0.1) is 0 Å². The van der Waals surface area contributed by atoms with Gasteiger partial charge in [0.25, 0.3) is 0 Å². The number of anilines is 2. The summed E-state index contributed by atoms with van der Waals surface area (Å²) in [6, 6.07) is 1.94. The third kappa shape index (κ3) is 4.44. The average molecular weight is 223 g/mol. The van der Waals surface area contributed by atoms with Gasteiger partial charge in [-0.15, -0.1) is 0 Å². The van der Waals surface area contributed by atoms with E-state index in [1.807, 2.05) is 13.0 Å². The highest BCUT2D eigenvalue weighted by molar-refractivity contribution is 5.47. The number of rotatable bonds is 6. The minimum absolute atomic E-state index is 0.783. The summed E-state index contributed by atoms with van der Waals surface area (Å²) in [5.41, 5.74) is 0. The number of hydrogen-bond donors (Lipinski definition) is 2. The SMILES string of the molecule is CCNc1cc(NCCN(C)C)nc(C)n1. The van der Waals surface area contributed by atoms with Crippen molar-refractivity contribution in [1.29, 1.82) is 0 Å². The van der Waals surface area contributed by atoms with E-state index in [0.717, 1.165) is 37.1 Å². The van der Waals surface area contributed by atoms with Gasteiger partial charge in [0, 0.05) is 25.7 Å². The van der Waals surface area contributed by atoms with Gasteiger partial charge in [-0.05, 0) is 27.9 Å². The van der Waals surface area contributed by atoms with Gasteiger partial charge in [-0.25, -0.2) is 9.97 Å². The molecule has 5 nitrogen and oxygen atoms in total. The second kappa shape index (κ2) is 6.27. The first-order valence-corrected chi connectivity index (χ1v) is 5.60. The number of hydrogen-bond acceptors (Lipinski definition) is 5. The van der Waals surface area contributed by atoms with E-state index in [9.17, 15) is 0 Å². The summed E-state index contributed by atoms with van der Waals surface area (Å²) in [5, 5.41) is 6.47. The van der Waals surface area contributed by atoms with Crippen molar-refractivity contribution < 1.29 is 0 Å². The Bertz CT molecular complexity index is 324. The van der Waals surface area contributed by atoms with Crippen LogP contribution in [-0.2, 0) is 0 Å². The number of aryl methyl sites for hydroxylation is 1. The Morgan fingerprint density at radius 2 is 1.81 bits per heavy atom. The number of nitrogens with one attached hydrogen (secondary N) is 2. The number of nitrogens with zero attached hydrogens (tertiary/aromatic N) is 3. The largest absolute Gasteiger partial charge is 0.370 e. The molecule has 0 fully saturated rings. The summed E-state index contributed by atoms with van der Waals surface area (Å²) < 4.78 is 0. The molecule has 0 bridgehead atoms. The maximum atomic E-state index is 4.33. The van der Waals surface area contributed by atoms with Gasteiger partial charge in [0.2, 0.25) is 0 Å². The molecule has 2 N–H and O–H groups in total. The van der Waals surface area contributed by atoms with E-state index < -0.39 is 0 Å². The maximum Gasteiger partial charge on any atom is 0.131 e. The van der Waals surface area contributed by atoms with Crippen LogP contribution in [0.15, 0.2) is 6.07 Å².